The highest BCUT2D eigenvalue weighted by molar-refractivity contribution is 6.32. The molecule has 0 aromatic carbocycles. The molecule has 1 aliphatic rings. The van der Waals surface area contributed by atoms with Crippen LogP contribution in [0.4, 0.5) is 5.82 Å². The molecule has 0 radical (unpaired) electrons. The smallest absolute Gasteiger partial charge is 0.147 e. The second kappa shape index (κ2) is 4.37. The number of pyridine rings is 1. The van der Waals surface area contributed by atoms with E-state index in [2.05, 4.69) is 29.0 Å². The third kappa shape index (κ3) is 2.41. The van der Waals surface area contributed by atoms with Crippen molar-refractivity contribution < 1.29 is 0 Å². The van der Waals surface area contributed by atoms with Crippen LogP contribution in [0.1, 0.15) is 13.8 Å². The Hall–Kier alpha value is -0.800. The predicted octanol–water partition coefficient (Wildman–Crippen LogP) is 1.92. The van der Waals surface area contributed by atoms with Crippen molar-refractivity contribution >= 4 is 17.4 Å². The van der Waals surface area contributed by atoms with Crippen molar-refractivity contribution in [2.75, 3.05) is 18.0 Å². The van der Waals surface area contributed by atoms with Crippen molar-refractivity contribution in [3.05, 3.63) is 23.4 Å². The summed E-state index contributed by atoms with van der Waals surface area (Å²) < 4.78 is 0. The van der Waals surface area contributed by atoms with Gasteiger partial charge in [-0.2, -0.15) is 0 Å². The van der Waals surface area contributed by atoms with Gasteiger partial charge >= 0.3 is 0 Å². The van der Waals surface area contributed by atoms with Gasteiger partial charge in [-0.3, -0.25) is 0 Å². The summed E-state index contributed by atoms with van der Waals surface area (Å²) in [5.74, 6) is 0.902. The van der Waals surface area contributed by atoms with Gasteiger partial charge in [-0.1, -0.05) is 11.6 Å². The van der Waals surface area contributed by atoms with Gasteiger partial charge in [-0.15, -0.1) is 0 Å². The van der Waals surface area contributed by atoms with Gasteiger partial charge in [0.05, 0.1) is 5.02 Å². The summed E-state index contributed by atoms with van der Waals surface area (Å²) in [5, 5.41) is 4.22. The fraction of sp³-hybridized carbons (Fsp3) is 0.545. The van der Waals surface area contributed by atoms with E-state index in [1.165, 1.54) is 0 Å². The molecule has 1 aliphatic heterocycles. The molecule has 3 nitrogen and oxygen atoms in total. The van der Waals surface area contributed by atoms with Gasteiger partial charge in [-0.25, -0.2) is 4.98 Å². The molecular formula is C11H16ClN3. The summed E-state index contributed by atoms with van der Waals surface area (Å²) in [7, 11) is 0. The SMILES string of the molecule is C[C@H]1CN(c2ncccc2Cl)C[C@H](C)N1. The Morgan fingerprint density at radius 3 is 2.67 bits per heavy atom. The Bertz CT molecular complexity index is 332. The summed E-state index contributed by atoms with van der Waals surface area (Å²) in [6.07, 6.45) is 1.79. The molecule has 4 heteroatoms. The molecule has 82 valence electrons. The minimum absolute atomic E-state index is 0.479. The van der Waals surface area contributed by atoms with Gasteiger partial charge in [0.25, 0.3) is 0 Å². The lowest BCUT2D eigenvalue weighted by Gasteiger charge is -2.37. The van der Waals surface area contributed by atoms with Gasteiger partial charge in [-0.05, 0) is 26.0 Å². The van der Waals surface area contributed by atoms with E-state index in [1.54, 1.807) is 6.20 Å². The van der Waals surface area contributed by atoms with E-state index in [9.17, 15) is 0 Å². The normalized spacial score (nSPS) is 26.7. The Morgan fingerprint density at radius 2 is 2.07 bits per heavy atom. The third-order valence-corrected chi connectivity index (χ3v) is 2.89. The number of anilines is 1. The van der Waals surface area contributed by atoms with Gasteiger partial charge in [0.2, 0.25) is 0 Å². The molecule has 1 aromatic heterocycles. The van der Waals surface area contributed by atoms with Crippen molar-refractivity contribution in [1.82, 2.24) is 10.3 Å². The summed E-state index contributed by atoms with van der Waals surface area (Å²) in [5.41, 5.74) is 0. The van der Waals surface area contributed by atoms with Gasteiger partial charge in [0, 0.05) is 31.4 Å². The number of halogens is 1. The molecule has 0 spiro atoms. The van der Waals surface area contributed by atoms with Crippen molar-refractivity contribution in [2.24, 2.45) is 0 Å². The minimum atomic E-state index is 0.479. The lowest BCUT2D eigenvalue weighted by molar-refractivity contribution is 0.405. The molecule has 2 rings (SSSR count). The summed E-state index contributed by atoms with van der Waals surface area (Å²) in [6, 6.07) is 4.71. The predicted molar refractivity (Wildman–Crippen MR) is 63.5 cm³/mol. The van der Waals surface area contributed by atoms with Gasteiger partial charge in [0.1, 0.15) is 5.82 Å². The molecule has 0 saturated carbocycles. The monoisotopic (exact) mass is 225 g/mol. The average molecular weight is 226 g/mol. The number of piperazine rings is 1. The molecule has 0 unspecified atom stereocenters. The Morgan fingerprint density at radius 1 is 1.40 bits per heavy atom. The summed E-state index contributed by atoms with van der Waals surface area (Å²) in [6.45, 7) is 6.28. The topological polar surface area (TPSA) is 28.2 Å². The molecule has 2 heterocycles. The highest BCUT2D eigenvalue weighted by Crippen LogP contribution is 2.23. The zero-order valence-electron chi connectivity index (χ0n) is 9.07. The summed E-state index contributed by atoms with van der Waals surface area (Å²) >= 11 is 6.13. The van der Waals surface area contributed by atoms with Crippen LogP contribution in [0, 0.1) is 0 Å². The fourth-order valence-corrected chi connectivity index (χ4v) is 2.35. The molecular weight excluding hydrogens is 210 g/mol. The first-order valence-electron chi connectivity index (χ1n) is 5.28. The second-order valence-corrected chi connectivity index (χ2v) is 4.59. The van der Waals surface area contributed by atoms with E-state index in [1.807, 2.05) is 12.1 Å². The van der Waals surface area contributed by atoms with Crippen molar-refractivity contribution in [1.29, 1.82) is 0 Å². The Labute approximate surface area is 95.4 Å². The first-order chi connectivity index (χ1) is 7.16. The molecule has 1 N–H and O–H groups in total. The van der Waals surface area contributed by atoms with E-state index >= 15 is 0 Å². The van der Waals surface area contributed by atoms with Crippen LogP contribution >= 0.6 is 11.6 Å². The number of hydrogen-bond donors (Lipinski definition) is 1. The Kier molecular flexibility index (Phi) is 3.12. The lowest BCUT2D eigenvalue weighted by atomic mass is 10.1. The maximum absolute atomic E-state index is 6.13. The molecule has 1 saturated heterocycles. The summed E-state index contributed by atoms with van der Waals surface area (Å²) in [4.78, 5) is 6.58. The maximum atomic E-state index is 6.13. The lowest BCUT2D eigenvalue weighted by Crippen LogP contribution is -2.54. The molecule has 0 aliphatic carbocycles. The van der Waals surface area contributed by atoms with Gasteiger partial charge < -0.3 is 10.2 Å². The van der Waals surface area contributed by atoms with E-state index in [0.717, 1.165) is 23.9 Å². The van der Waals surface area contributed by atoms with Crippen molar-refractivity contribution in [2.45, 2.75) is 25.9 Å². The zero-order valence-corrected chi connectivity index (χ0v) is 9.83. The van der Waals surface area contributed by atoms with Crippen LogP contribution in [0.5, 0.6) is 0 Å². The van der Waals surface area contributed by atoms with Crippen molar-refractivity contribution in [3.8, 4) is 0 Å². The molecule has 1 aromatic rings. The first-order valence-corrected chi connectivity index (χ1v) is 5.66. The minimum Gasteiger partial charge on any atom is -0.352 e. The number of nitrogens with one attached hydrogen (secondary N) is 1. The van der Waals surface area contributed by atoms with Crippen LogP contribution in [-0.4, -0.2) is 30.2 Å². The molecule has 2 atom stereocenters. The van der Waals surface area contributed by atoms with Gasteiger partial charge in [0.15, 0.2) is 0 Å². The Balaban J connectivity index is 2.20. The highest BCUT2D eigenvalue weighted by atomic mass is 35.5. The second-order valence-electron chi connectivity index (χ2n) is 4.18. The quantitative estimate of drug-likeness (QED) is 0.792. The number of nitrogens with zero attached hydrogens (tertiary/aromatic N) is 2. The van der Waals surface area contributed by atoms with E-state index in [0.29, 0.717) is 12.1 Å². The average Bonchev–Trinajstić information content (AvgIpc) is 2.16. The van der Waals surface area contributed by atoms with E-state index in [4.69, 9.17) is 11.6 Å². The molecule has 15 heavy (non-hydrogen) atoms. The molecule has 0 bridgehead atoms. The maximum Gasteiger partial charge on any atom is 0.147 e. The number of rotatable bonds is 1. The van der Waals surface area contributed by atoms with E-state index in [-0.39, 0.29) is 0 Å². The zero-order chi connectivity index (χ0) is 10.8. The standard InChI is InChI=1S/C11H16ClN3/c1-8-6-15(7-9(2)14-8)11-10(12)4-3-5-13-11/h3-5,8-9,14H,6-7H2,1-2H3/t8-,9-/m0/s1. The van der Waals surface area contributed by atoms with Crippen LogP contribution in [0.2, 0.25) is 5.02 Å². The van der Waals surface area contributed by atoms with Crippen LogP contribution in [0.15, 0.2) is 18.3 Å². The number of aromatic nitrogens is 1. The number of hydrogen-bond acceptors (Lipinski definition) is 3. The first kappa shape index (κ1) is 10.7. The van der Waals surface area contributed by atoms with E-state index < -0.39 is 0 Å². The molecule has 0 amide bonds. The fourth-order valence-electron chi connectivity index (χ4n) is 2.11. The third-order valence-electron chi connectivity index (χ3n) is 2.60. The largest absolute Gasteiger partial charge is 0.352 e. The van der Waals surface area contributed by atoms with Crippen molar-refractivity contribution in [3.63, 3.8) is 0 Å². The van der Waals surface area contributed by atoms with Crippen LogP contribution < -0.4 is 10.2 Å². The van der Waals surface area contributed by atoms with Crippen LogP contribution in [-0.2, 0) is 0 Å². The highest BCUT2D eigenvalue weighted by Gasteiger charge is 2.22. The van der Waals surface area contributed by atoms with Crippen LogP contribution in [0.3, 0.4) is 0 Å². The van der Waals surface area contributed by atoms with Crippen LogP contribution in [0.25, 0.3) is 0 Å². The molecule has 1 fully saturated rings.